The quantitative estimate of drug-likeness (QED) is 0.698. The second-order valence-electron chi connectivity index (χ2n) is 3.43. The number of carbonyl (C=O) groups excluding carboxylic acids is 1. The molecule has 0 radical (unpaired) electrons. The van der Waals surface area contributed by atoms with Gasteiger partial charge in [0.05, 0.1) is 11.7 Å². The molecule has 1 aliphatic rings. The predicted octanol–water partition coefficient (Wildman–Crippen LogP) is 0.909. The van der Waals surface area contributed by atoms with E-state index in [1.54, 1.807) is 18.2 Å². The van der Waals surface area contributed by atoms with Gasteiger partial charge in [0.1, 0.15) is 5.75 Å². The zero-order valence-corrected chi connectivity index (χ0v) is 7.69. The molecule has 0 heterocycles. The first kappa shape index (κ1) is 8.87. The molecule has 74 valence electrons. The van der Waals surface area contributed by atoms with E-state index in [1.165, 1.54) is 0 Å². The second-order valence-corrected chi connectivity index (χ2v) is 3.43. The predicted molar refractivity (Wildman–Crippen MR) is 53.0 cm³/mol. The monoisotopic (exact) mass is 192 g/mol. The lowest BCUT2D eigenvalue weighted by Gasteiger charge is -2.07. The van der Waals surface area contributed by atoms with E-state index in [0.29, 0.717) is 23.1 Å². The molecule has 0 aromatic heterocycles. The van der Waals surface area contributed by atoms with Crippen LogP contribution in [0.4, 0.5) is 5.69 Å². The Morgan fingerprint density at radius 1 is 1.43 bits per heavy atom. The second kappa shape index (κ2) is 3.21. The molecule has 1 aromatic carbocycles. The van der Waals surface area contributed by atoms with Crippen LogP contribution in [0, 0.1) is 0 Å². The fourth-order valence-corrected chi connectivity index (χ4v) is 1.20. The van der Waals surface area contributed by atoms with Gasteiger partial charge in [-0.25, -0.2) is 0 Å². The van der Waals surface area contributed by atoms with E-state index >= 15 is 0 Å². The maximum Gasteiger partial charge on any atom is 0.250 e. The molecule has 1 fully saturated rings. The van der Waals surface area contributed by atoms with Gasteiger partial charge < -0.3 is 16.2 Å². The summed E-state index contributed by atoms with van der Waals surface area (Å²) in [7, 11) is 0. The van der Waals surface area contributed by atoms with Crippen molar-refractivity contribution in [2.24, 2.45) is 5.73 Å². The number of hydrogen-bond acceptors (Lipinski definition) is 3. The van der Waals surface area contributed by atoms with Crippen LogP contribution in [-0.2, 0) is 0 Å². The van der Waals surface area contributed by atoms with Crippen LogP contribution in [0.5, 0.6) is 5.75 Å². The van der Waals surface area contributed by atoms with Crippen LogP contribution >= 0.6 is 0 Å². The number of nitrogens with two attached hydrogens (primary N) is 2. The lowest BCUT2D eigenvalue weighted by molar-refractivity contribution is 0.100. The van der Waals surface area contributed by atoms with Crippen molar-refractivity contribution in [2.45, 2.75) is 18.9 Å². The average molecular weight is 192 g/mol. The minimum Gasteiger partial charge on any atom is -0.490 e. The summed E-state index contributed by atoms with van der Waals surface area (Å²) in [5, 5.41) is 0. The highest BCUT2D eigenvalue weighted by molar-refractivity contribution is 5.98. The third-order valence-corrected chi connectivity index (χ3v) is 2.12. The summed E-state index contributed by atoms with van der Waals surface area (Å²) in [6, 6.07) is 4.98. The molecule has 2 rings (SSSR count). The van der Waals surface area contributed by atoms with E-state index in [-0.39, 0.29) is 0 Å². The molecule has 14 heavy (non-hydrogen) atoms. The van der Waals surface area contributed by atoms with Gasteiger partial charge in [-0.1, -0.05) is 0 Å². The first-order chi connectivity index (χ1) is 6.66. The van der Waals surface area contributed by atoms with Crippen molar-refractivity contribution < 1.29 is 9.53 Å². The van der Waals surface area contributed by atoms with Crippen LogP contribution in [0.3, 0.4) is 0 Å². The maximum absolute atomic E-state index is 11.0. The van der Waals surface area contributed by atoms with Crippen molar-refractivity contribution in [1.29, 1.82) is 0 Å². The molecule has 0 spiro atoms. The first-order valence-electron chi connectivity index (χ1n) is 4.53. The van der Waals surface area contributed by atoms with Crippen LogP contribution in [0.2, 0.25) is 0 Å². The lowest BCUT2D eigenvalue weighted by Crippen LogP contribution is -2.13. The van der Waals surface area contributed by atoms with Crippen LogP contribution in [0.25, 0.3) is 0 Å². The molecule has 0 aliphatic heterocycles. The van der Waals surface area contributed by atoms with Gasteiger partial charge in [0.15, 0.2) is 0 Å². The smallest absolute Gasteiger partial charge is 0.250 e. The summed E-state index contributed by atoms with van der Waals surface area (Å²) in [4.78, 5) is 11.0. The largest absolute Gasteiger partial charge is 0.490 e. The number of carbonyl (C=O) groups is 1. The highest BCUT2D eigenvalue weighted by Crippen LogP contribution is 2.28. The Bertz CT molecular complexity index is 372. The molecule has 0 atom stereocenters. The summed E-state index contributed by atoms with van der Waals surface area (Å²) in [5.41, 5.74) is 11.4. The van der Waals surface area contributed by atoms with Crippen molar-refractivity contribution in [3.63, 3.8) is 0 Å². The standard InChI is InChI=1S/C10H12N2O2/c11-9-4-3-7(14-6-1-2-6)5-8(9)10(12)13/h3-6H,1-2,11H2,(H2,12,13). The zero-order chi connectivity index (χ0) is 10.1. The summed E-state index contributed by atoms with van der Waals surface area (Å²) in [5.74, 6) is 0.138. The van der Waals surface area contributed by atoms with Gasteiger partial charge in [-0.15, -0.1) is 0 Å². The molecular weight excluding hydrogens is 180 g/mol. The molecular formula is C10H12N2O2. The Hall–Kier alpha value is -1.71. The molecule has 4 nitrogen and oxygen atoms in total. The molecule has 1 saturated carbocycles. The number of anilines is 1. The van der Waals surface area contributed by atoms with Gasteiger partial charge in [0.2, 0.25) is 0 Å². The van der Waals surface area contributed by atoms with Crippen LogP contribution in [0.15, 0.2) is 18.2 Å². The van der Waals surface area contributed by atoms with E-state index in [1.807, 2.05) is 0 Å². The molecule has 0 unspecified atom stereocenters. The van der Waals surface area contributed by atoms with E-state index in [0.717, 1.165) is 12.8 Å². The summed E-state index contributed by atoms with van der Waals surface area (Å²) < 4.78 is 5.51. The maximum atomic E-state index is 11.0. The minimum absolute atomic E-state index is 0.305. The van der Waals surface area contributed by atoms with Gasteiger partial charge >= 0.3 is 0 Å². The van der Waals surface area contributed by atoms with Crippen molar-refractivity contribution in [2.75, 3.05) is 5.73 Å². The van der Waals surface area contributed by atoms with Crippen LogP contribution < -0.4 is 16.2 Å². The number of primary amides is 1. The highest BCUT2D eigenvalue weighted by Gasteiger charge is 2.23. The van der Waals surface area contributed by atoms with E-state index in [2.05, 4.69) is 0 Å². The van der Waals surface area contributed by atoms with E-state index < -0.39 is 5.91 Å². The van der Waals surface area contributed by atoms with Gasteiger partial charge in [-0.05, 0) is 31.0 Å². The van der Waals surface area contributed by atoms with Crippen molar-refractivity contribution >= 4 is 11.6 Å². The zero-order valence-electron chi connectivity index (χ0n) is 7.69. The van der Waals surface area contributed by atoms with Crippen LogP contribution in [-0.4, -0.2) is 12.0 Å². The van der Waals surface area contributed by atoms with Crippen molar-refractivity contribution in [1.82, 2.24) is 0 Å². The van der Waals surface area contributed by atoms with Gasteiger partial charge in [0, 0.05) is 5.69 Å². The van der Waals surface area contributed by atoms with Gasteiger partial charge in [0.25, 0.3) is 5.91 Å². The number of amides is 1. The molecule has 1 aliphatic carbocycles. The molecule has 1 aromatic rings. The fraction of sp³-hybridized carbons (Fsp3) is 0.300. The minimum atomic E-state index is -0.524. The van der Waals surface area contributed by atoms with Crippen molar-refractivity contribution in [3.8, 4) is 5.75 Å². The third kappa shape index (κ3) is 1.79. The first-order valence-corrected chi connectivity index (χ1v) is 4.53. The SMILES string of the molecule is NC(=O)c1cc(OC2CC2)ccc1N. The Kier molecular flexibility index (Phi) is 2.04. The Labute approximate surface area is 81.8 Å². The summed E-state index contributed by atoms with van der Waals surface area (Å²) >= 11 is 0. The van der Waals surface area contributed by atoms with E-state index in [4.69, 9.17) is 16.2 Å². The number of rotatable bonds is 3. The topological polar surface area (TPSA) is 78.3 Å². The van der Waals surface area contributed by atoms with Crippen LogP contribution in [0.1, 0.15) is 23.2 Å². The fourth-order valence-electron chi connectivity index (χ4n) is 1.20. The molecule has 4 N–H and O–H groups in total. The third-order valence-electron chi connectivity index (χ3n) is 2.12. The summed E-state index contributed by atoms with van der Waals surface area (Å²) in [6.45, 7) is 0. The Balaban J connectivity index is 2.24. The lowest BCUT2D eigenvalue weighted by atomic mass is 10.1. The number of benzene rings is 1. The van der Waals surface area contributed by atoms with Crippen molar-refractivity contribution in [3.05, 3.63) is 23.8 Å². The number of nitrogen functional groups attached to an aromatic ring is 1. The average Bonchev–Trinajstić information content (AvgIpc) is 2.92. The van der Waals surface area contributed by atoms with Gasteiger partial charge in [-0.2, -0.15) is 0 Å². The Morgan fingerprint density at radius 3 is 2.71 bits per heavy atom. The number of hydrogen-bond donors (Lipinski definition) is 2. The Morgan fingerprint density at radius 2 is 2.14 bits per heavy atom. The highest BCUT2D eigenvalue weighted by atomic mass is 16.5. The molecule has 0 bridgehead atoms. The molecule has 1 amide bonds. The molecule has 0 saturated heterocycles. The number of ether oxygens (including phenoxy) is 1. The van der Waals surface area contributed by atoms with Gasteiger partial charge in [-0.3, -0.25) is 4.79 Å². The summed E-state index contributed by atoms with van der Waals surface area (Å²) in [6.07, 6.45) is 2.46. The normalized spacial score (nSPS) is 15.1. The molecule has 4 heteroatoms. The van der Waals surface area contributed by atoms with E-state index in [9.17, 15) is 4.79 Å².